The predicted octanol–water partition coefficient (Wildman–Crippen LogP) is 2.93. The zero-order valence-electron chi connectivity index (χ0n) is 13.4. The summed E-state index contributed by atoms with van der Waals surface area (Å²) in [5.74, 6) is 1.65. The highest BCUT2D eigenvalue weighted by Gasteiger charge is 2.18. The van der Waals surface area contributed by atoms with Gasteiger partial charge in [-0.25, -0.2) is 0 Å². The summed E-state index contributed by atoms with van der Waals surface area (Å²) in [6.45, 7) is 4.99. The lowest BCUT2D eigenvalue weighted by Crippen LogP contribution is -2.07. The van der Waals surface area contributed by atoms with Crippen molar-refractivity contribution in [1.29, 1.82) is 0 Å². The first kappa shape index (κ1) is 15.3. The van der Waals surface area contributed by atoms with Crippen molar-refractivity contribution in [2.75, 3.05) is 5.75 Å². The Morgan fingerprint density at radius 3 is 2.82 bits per heavy atom. The van der Waals surface area contributed by atoms with E-state index in [-0.39, 0.29) is 5.78 Å². The average molecular weight is 318 g/mol. The number of ketones is 1. The van der Waals surface area contributed by atoms with Crippen LogP contribution in [0.15, 0.2) is 11.2 Å². The molecule has 6 heteroatoms. The Hall–Kier alpha value is -1.56. The minimum Gasteiger partial charge on any atom is -0.351 e. The van der Waals surface area contributed by atoms with Gasteiger partial charge in [-0.2, -0.15) is 0 Å². The van der Waals surface area contributed by atoms with Crippen LogP contribution in [0.2, 0.25) is 0 Å². The molecule has 0 N–H and O–H groups in total. The molecule has 3 heterocycles. The number of carbonyl (C=O) groups excluding carboxylic acids is 1. The van der Waals surface area contributed by atoms with E-state index in [1.54, 1.807) is 0 Å². The zero-order valence-corrected chi connectivity index (χ0v) is 14.2. The largest absolute Gasteiger partial charge is 0.351 e. The number of carbonyl (C=O) groups is 1. The van der Waals surface area contributed by atoms with Crippen molar-refractivity contribution in [3.05, 3.63) is 28.8 Å². The topological polar surface area (TPSA) is 52.7 Å². The van der Waals surface area contributed by atoms with Gasteiger partial charge in [-0.15, -0.1) is 10.2 Å². The van der Waals surface area contributed by atoms with Crippen LogP contribution >= 0.6 is 11.8 Å². The smallest absolute Gasteiger partial charge is 0.191 e. The van der Waals surface area contributed by atoms with Crippen LogP contribution in [0.5, 0.6) is 0 Å². The Kier molecular flexibility index (Phi) is 4.38. The molecule has 0 saturated carbocycles. The lowest BCUT2D eigenvalue weighted by atomic mass is 10.2. The lowest BCUT2D eigenvalue weighted by Gasteiger charge is -2.06. The molecule has 2 aromatic heterocycles. The van der Waals surface area contributed by atoms with Gasteiger partial charge in [0.1, 0.15) is 5.82 Å². The van der Waals surface area contributed by atoms with Crippen molar-refractivity contribution < 1.29 is 4.79 Å². The highest BCUT2D eigenvalue weighted by molar-refractivity contribution is 7.99. The second kappa shape index (κ2) is 6.28. The first-order valence-corrected chi connectivity index (χ1v) is 8.77. The Bertz CT molecular complexity index is 701. The Morgan fingerprint density at radius 1 is 1.27 bits per heavy atom. The fourth-order valence-electron chi connectivity index (χ4n) is 2.91. The fraction of sp³-hybridized carbons (Fsp3) is 0.562. The van der Waals surface area contributed by atoms with Gasteiger partial charge in [0.25, 0.3) is 0 Å². The van der Waals surface area contributed by atoms with Crippen LogP contribution in [0.25, 0.3) is 0 Å². The van der Waals surface area contributed by atoms with Crippen LogP contribution < -0.4 is 0 Å². The number of Topliss-reactive ketones (excluding diaryl/α,β-unsaturated/α-hetero) is 1. The highest BCUT2D eigenvalue weighted by atomic mass is 32.2. The Morgan fingerprint density at radius 2 is 2.09 bits per heavy atom. The molecule has 0 aromatic carbocycles. The quantitative estimate of drug-likeness (QED) is 0.642. The van der Waals surface area contributed by atoms with Crippen molar-refractivity contribution in [3.8, 4) is 0 Å². The number of aryl methyl sites for hydroxylation is 2. The molecule has 0 radical (unpaired) electrons. The normalized spacial score (nSPS) is 14.7. The maximum absolute atomic E-state index is 12.5. The van der Waals surface area contributed by atoms with Gasteiger partial charge < -0.3 is 9.13 Å². The summed E-state index contributed by atoms with van der Waals surface area (Å²) in [6, 6.07) is 1.97. The van der Waals surface area contributed by atoms with Crippen molar-refractivity contribution in [2.24, 2.45) is 7.05 Å². The van der Waals surface area contributed by atoms with Crippen molar-refractivity contribution in [1.82, 2.24) is 19.3 Å². The van der Waals surface area contributed by atoms with E-state index < -0.39 is 0 Å². The van der Waals surface area contributed by atoms with Crippen molar-refractivity contribution in [3.63, 3.8) is 0 Å². The maximum atomic E-state index is 12.5. The number of hydrogen-bond donors (Lipinski definition) is 0. The molecule has 1 aliphatic rings. The average Bonchev–Trinajstić information content (AvgIpc) is 2.89. The van der Waals surface area contributed by atoms with E-state index in [2.05, 4.69) is 19.3 Å². The molecule has 0 saturated heterocycles. The fourth-order valence-corrected chi connectivity index (χ4v) is 3.78. The second-order valence-electron chi connectivity index (χ2n) is 5.92. The molecule has 22 heavy (non-hydrogen) atoms. The van der Waals surface area contributed by atoms with E-state index in [1.807, 2.05) is 27.0 Å². The molecule has 0 spiro atoms. The monoisotopic (exact) mass is 318 g/mol. The molecule has 118 valence electrons. The SMILES string of the molecule is Cc1cc(C(=O)CSc2nnc3n2CCCCC3)c(C)n1C. The molecule has 0 unspecified atom stereocenters. The van der Waals surface area contributed by atoms with Crippen LogP contribution in [0.4, 0.5) is 0 Å². The Labute approximate surface area is 135 Å². The van der Waals surface area contributed by atoms with Gasteiger partial charge in [-0.05, 0) is 32.8 Å². The van der Waals surface area contributed by atoms with Crippen LogP contribution in [0.3, 0.4) is 0 Å². The molecule has 0 amide bonds. The van der Waals surface area contributed by atoms with E-state index in [1.165, 1.54) is 31.0 Å². The molecule has 0 atom stereocenters. The van der Waals surface area contributed by atoms with Gasteiger partial charge in [0.05, 0.1) is 5.75 Å². The molecule has 0 bridgehead atoms. The van der Waals surface area contributed by atoms with E-state index in [0.717, 1.165) is 40.9 Å². The van der Waals surface area contributed by atoms with Crippen LogP contribution in [0, 0.1) is 13.8 Å². The standard InChI is InChI=1S/C16H22N4OS/c1-11-9-13(12(2)19(11)3)14(21)10-22-16-18-17-15-7-5-4-6-8-20(15)16/h9H,4-8,10H2,1-3H3. The van der Waals surface area contributed by atoms with Crippen LogP contribution in [0.1, 0.15) is 46.8 Å². The van der Waals surface area contributed by atoms with E-state index >= 15 is 0 Å². The van der Waals surface area contributed by atoms with E-state index in [0.29, 0.717) is 5.75 Å². The van der Waals surface area contributed by atoms with Gasteiger partial charge in [0.15, 0.2) is 10.9 Å². The van der Waals surface area contributed by atoms with Gasteiger partial charge in [0.2, 0.25) is 0 Å². The maximum Gasteiger partial charge on any atom is 0.191 e. The second-order valence-corrected chi connectivity index (χ2v) is 6.86. The van der Waals surface area contributed by atoms with Crippen LogP contribution in [-0.2, 0) is 20.0 Å². The summed E-state index contributed by atoms with van der Waals surface area (Å²) in [5, 5.41) is 9.43. The molecular formula is C16H22N4OS. The number of nitrogens with zero attached hydrogens (tertiary/aromatic N) is 4. The third-order valence-corrected chi connectivity index (χ3v) is 5.45. The minimum atomic E-state index is 0.164. The highest BCUT2D eigenvalue weighted by Crippen LogP contribution is 2.23. The van der Waals surface area contributed by atoms with Gasteiger partial charge >= 0.3 is 0 Å². The van der Waals surface area contributed by atoms with Gasteiger partial charge in [0, 0.05) is 37.0 Å². The number of thioether (sulfide) groups is 1. The molecule has 5 nitrogen and oxygen atoms in total. The zero-order chi connectivity index (χ0) is 15.7. The summed E-state index contributed by atoms with van der Waals surface area (Å²) >= 11 is 1.51. The molecule has 0 aliphatic carbocycles. The van der Waals surface area contributed by atoms with Gasteiger partial charge in [-0.1, -0.05) is 18.2 Å². The number of hydrogen-bond acceptors (Lipinski definition) is 4. The molecule has 1 aliphatic heterocycles. The van der Waals surface area contributed by atoms with Crippen molar-refractivity contribution >= 4 is 17.5 Å². The summed E-state index contributed by atoms with van der Waals surface area (Å²) in [4.78, 5) is 12.5. The lowest BCUT2D eigenvalue weighted by molar-refractivity contribution is 0.102. The summed E-state index contributed by atoms with van der Waals surface area (Å²) < 4.78 is 4.25. The number of fused-ring (bicyclic) bond motifs is 1. The van der Waals surface area contributed by atoms with Crippen LogP contribution in [-0.4, -0.2) is 30.9 Å². The van der Waals surface area contributed by atoms with E-state index in [9.17, 15) is 4.79 Å². The molecule has 3 rings (SSSR count). The number of aromatic nitrogens is 4. The predicted molar refractivity (Wildman–Crippen MR) is 87.5 cm³/mol. The summed E-state index contributed by atoms with van der Waals surface area (Å²) in [7, 11) is 1.99. The number of rotatable bonds is 4. The third-order valence-electron chi connectivity index (χ3n) is 4.48. The minimum absolute atomic E-state index is 0.164. The molecular weight excluding hydrogens is 296 g/mol. The molecule has 0 fully saturated rings. The first-order valence-electron chi connectivity index (χ1n) is 7.79. The van der Waals surface area contributed by atoms with E-state index in [4.69, 9.17) is 0 Å². The van der Waals surface area contributed by atoms with Gasteiger partial charge in [-0.3, -0.25) is 4.79 Å². The summed E-state index contributed by atoms with van der Waals surface area (Å²) in [6.07, 6.45) is 4.60. The molecule has 2 aromatic rings. The first-order chi connectivity index (χ1) is 10.6. The summed E-state index contributed by atoms with van der Waals surface area (Å²) in [5.41, 5.74) is 2.97. The third kappa shape index (κ3) is 2.84. The van der Waals surface area contributed by atoms with Crippen molar-refractivity contribution in [2.45, 2.75) is 51.2 Å². The Balaban J connectivity index is 1.71.